The lowest BCUT2D eigenvalue weighted by Crippen LogP contribution is -2.51. The van der Waals surface area contributed by atoms with Crippen LogP contribution in [0, 0.1) is 0 Å². The average Bonchev–Trinajstić information content (AvgIpc) is 3.27. The number of carbonyl (C=O) groups is 1. The van der Waals surface area contributed by atoms with Crippen molar-refractivity contribution in [3.05, 3.63) is 59.8 Å². The molecule has 6 nitrogen and oxygen atoms in total. The van der Waals surface area contributed by atoms with Gasteiger partial charge in [-0.05, 0) is 37.6 Å². The number of carbonyl (C=O) groups excluding carboxylic acids is 1. The molecule has 0 spiro atoms. The summed E-state index contributed by atoms with van der Waals surface area (Å²) in [5, 5.41) is 0. The second kappa shape index (κ2) is 8.71. The molecule has 1 aromatic carbocycles. The summed E-state index contributed by atoms with van der Waals surface area (Å²) in [4.78, 5) is 21.9. The molecule has 2 aliphatic rings. The van der Waals surface area contributed by atoms with E-state index >= 15 is 0 Å². The van der Waals surface area contributed by atoms with Crippen LogP contribution in [0.4, 0.5) is 0 Å². The van der Waals surface area contributed by atoms with Gasteiger partial charge in [0.2, 0.25) is 5.88 Å². The highest BCUT2D eigenvalue weighted by atomic mass is 16.5. The van der Waals surface area contributed by atoms with Crippen LogP contribution in [-0.4, -0.2) is 66.7 Å². The summed E-state index contributed by atoms with van der Waals surface area (Å²) in [6.07, 6.45) is 4.03. The number of hydrogen-bond acceptors (Lipinski definition) is 5. The maximum atomic E-state index is 13.3. The third-order valence-electron chi connectivity index (χ3n) is 5.58. The quantitative estimate of drug-likeness (QED) is 0.797. The van der Waals surface area contributed by atoms with Crippen LogP contribution >= 0.6 is 0 Å². The first-order chi connectivity index (χ1) is 13.8. The number of morpholine rings is 1. The summed E-state index contributed by atoms with van der Waals surface area (Å²) < 4.78 is 11.3. The third kappa shape index (κ3) is 4.03. The molecular weight excluding hydrogens is 354 g/mol. The minimum Gasteiger partial charge on any atom is -0.481 e. The molecule has 4 rings (SSSR count). The number of amides is 1. The molecule has 148 valence electrons. The molecule has 0 unspecified atom stereocenters. The van der Waals surface area contributed by atoms with E-state index in [0.29, 0.717) is 24.6 Å². The maximum Gasteiger partial charge on any atom is 0.256 e. The van der Waals surface area contributed by atoms with Crippen molar-refractivity contribution in [2.75, 3.05) is 39.9 Å². The highest BCUT2D eigenvalue weighted by Crippen LogP contribution is 2.32. The third-order valence-corrected chi connectivity index (χ3v) is 5.58. The number of pyridine rings is 1. The second-order valence-electron chi connectivity index (χ2n) is 7.36. The Morgan fingerprint density at radius 1 is 1.14 bits per heavy atom. The standard InChI is InChI=1S/C22H27N3O3/c1-27-20-10-9-18(15-23-20)22(26)25-13-14-28-19(16-24-11-5-6-12-24)21(25)17-7-3-2-4-8-17/h2-4,7-10,15,19,21H,5-6,11-14,16H2,1H3/t19-,21-/m0/s1. The zero-order valence-corrected chi connectivity index (χ0v) is 16.3. The number of aromatic nitrogens is 1. The lowest BCUT2D eigenvalue weighted by molar-refractivity contribution is -0.0707. The SMILES string of the molecule is COc1ccc(C(=O)N2CCO[C@@H](CN3CCCC3)[C@@H]2c2ccccc2)cn1. The van der Waals surface area contributed by atoms with Gasteiger partial charge in [0.15, 0.2) is 0 Å². The lowest BCUT2D eigenvalue weighted by Gasteiger charge is -2.42. The zero-order valence-electron chi connectivity index (χ0n) is 16.3. The number of likely N-dealkylation sites (tertiary alicyclic amines) is 1. The molecule has 2 atom stereocenters. The van der Waals surface area contributed by atoms with E-state index in [2.05, 4.69) is 22.0 Å². The Bertz CT molecular complexity index is 775. The van der Waals surface area contributed by atoms with Crippen molar-refractivity contribution in [1.29, 1.82) is 0 Å². The summed E-state index contributed by atoms with van der Waals surface area (Å²) >= 11 is 0. The van der Waals surface area contributed by atoms with E-state index in [1.165, 1.54) is 12.8 Å². The predicted molar refractivity (Wildman–Crippen MR) is 106 cm³/mol. The molecule has 2 aliphatic heterocycles. The molecule has 2 fully saturated rings. The van der Waals surface area contributed by atoms with E-state index in [4.69, 9.17) is 9.47 Å². The Hall–Kier alpha value is -2.44. The van der Waals surface area contributed by atoms with Gasteiger partial charge in [0.05, 0.1) is 31.4 Å². The first-order valence-electron chi connectivity index (χ1n) is 9.96. The van der Waals surface area contributed by atoms with E-state index in [-0.39, 0.29) is 18.1 Å². The van der Waals surface area contributed by atoms with Crippen molar-refractivity contribution in [2.24, 2.45) is 0 Å². The molecule has 3 heterocycles. The van der Waals surface area contributed by atoms with Crippen molar-refractivity contribution in [3.8, 4) is 5.88 Å². The highest BCUT2D eigenvalue weighted by Gasteiger charge is 2.38. The Kier molecular flexibility index (Phi) is 5.88. The maximum absolute atomic E-state index is 13.3. The van der Waals surface area contributed by atoms with Crippen LogP contribution in [0.2, 0.25) is 0 Å². The number of ether oxygens (including phenoxy) is 2. The Labute approximate surface area is 166 Å². The van der Waals surface area contributed by atoms with Gasteiger partial charge in [0.25, 0.3) is 5.91 Å². The molecule has 0 saturated carbocycles. The fourth-order valence-electron chi connectivity index (χ4n) is 4.17. The minimum atomic E-state index is -0.106. The van der Waals surface area contributed by atoms with Crippen molar-refractivity contribution in [2.45, 2.75) is 25.0 Å². The topological polar surface area (TPSA) is 54.9 Å². The van der Waals surface area contributed by atoms with Crippen LogP contribution in [0.15, 0.2) is 48.7 Å². The second-order valence-corrected chi connectivity index (χ2v) is 7.36. The highest BCUT2D eigenvalue weighted by molar-refractivity contribution is 5.94. The van der Waals surface area contributed by atoms with E-state index in [1.807, 2.05) is 23.1 Å². The minimum absolute atomic E-state index is 0.0151. The molecule has 0 aliphatic carbocycles. The monoisotopic (exact) mass is 381 g/mol. The van der Waals surface area contributed by atoms with Gasteiger partial charge in [-0.25, -0.2) is 4.98 Å². The van der Waals surface area contributed by atoms with Gasteiger partial charge in [0.1, 0.15) is 0 Å². The van der Waals surface area contributed by atoms with Crippen LogP contribution < -0.4 is 4.74 Å². The summed E-state index contributed by atoms with van der Waals surface area (Å²) in [6.45, 7) is 4.19. The van der Waals surface area contributed by atoms with Gasteiger partial charge in [-0.3, -0.25) is 4.79 Å². The van der Waals surface area contributed by atoms with Crippen LogP contribution in [-0.2, 0) is 4.74 Å². The molecule has 0 bridgehead atoms. The first-order valence-corrected chi connectivity index (χ1v) is 9.96. The van der Waals surface area contributed by atoms with Crippen LogP contribution in [0.3, 0.4) is 0 Å². The molecule has 6 heteroatoms. The van der Waals surface area contributed by atoms with Gasteiger partial charge in [-0.15, -0.1) is 0 Å². The van der Waals surface area contributed by atoms with E-state index in [9.17, 15) is 4.79 Å². The van der Waals surface area contributed by atoms with E-state index in [1.54, 1.807) is 25.4 Å². The number of methoxy groups -OCH3 is 1. The van der Waals surface area contributed by atoms with Crippen LogP contribution in [0.1, 0.15) is 34.8 Å². The Balaban J connectivity index is 1.61. The van der Waals surface area contributed by atoms with Gasteiger partial charge >= 0.3 is 0 Å². The van der Waals surface area contributed by atoms with Crippen molar-refractivity contribution >= 4 is 5.91 Å². The molecule has 1 aromatic heterocycles. The lowest BCUT2D eigenvalue weighted by atomic mass is 9.96. The zero-order chi connectivity index (χ0) is 19.3. The van der Waals surface area contributed by atoms with Gasteiger partial charge < -0.3 is 19.3 Å². The van der Waals surface area contributed by atoms with Crippen LogP contribution in [0.5, 0.6) is 5.88 Å². The number of rotatable bonds is 5. The summed E-state index contributed by atoms with van der Waals surface area (Å²) in [5.74, 6) is 0.490. The summed E-state index contributed by atoms with van der Waals surface area (Å²) in [7, 11) is 1.57. The van der Waals surface area contributed by atoms with Gasteiger partial charge in [-0.1, -0.05) is 30.3 Å². The first kappa shape index (κ1) is 18.9. The van der Waals surface area contributed by atoms with Crippen LogP contribution in [0.25, 0.3) is 0 Å². The van der Waals surface area contributed by atoms with Crippen molar-refractivity contribution < 1.29 is 14.3 Å². The molecule has 1 amide bonds. The molecule has 2 saturated heterocycles. The Morgan fingerprint density at radius 2 is 1.93 bits per heavy atom. The fourth-order valence-corrected chi connectivity index (χ4v) is 4.17. The number of nitrogens with zero attached hydrogens (tertiary/aromatic N) is 3. The van der Waals surface area contributed by atoms with Gasteiger partial charge in [0, 0.05) is 25.4 Å². The summed E-state index contributed by atoms with van der Waals surface area (Å²) in [6, 6.07) is 13.6. The molecular formula is C22H27N3O3. The van der Waals surface area contributed by atoms with E-state index in [0.717, 1.165) is 25.2 Å². The molecule has 0 N–H and O–H groups in total. The average molecular weight is 381 g/mol. The van der Waals surface area contributed by atoms with Crippen molar-refractivity contribution in [1.82, 2.24) is 14.8 Å². The van der Waals surface area contributed by atoms with Crippen molar-refractivity contribution in [3.63, 3.8) is 0 Å². The molecule has 2 aromatic rings. The van der Waals surface area contributed by atoms with E-state index < -0.39 is 0 Å². The fraction of sp³-hybridized carbons (Fsp3) is 0.455. The number of benzene rings is 1. The number of hydrogen-bond donors (Lipinski definition) is 0. The predicted octanol–water partition coefficient (Wildman–Crippen LogP) is 2.77. The smallest absolute Gasteiger partial charge is 0.256 e. The molecule has 0 radical (unpaired) electrons. The Morgan fingerprint density at radius 3 is 2.61 bits per heavy atom. The normalized spacial score (nSPS) is 23.0. The largest absolute Gasteiger partial charge is 0.481 e. The molecule has 28 heavy (non-hydrogen) atoms. The summed E-state index contributed by atoms with van der Waals surface area (Å²) in [5.41, 5.74) is 1.68. The van der Waals surface area contributed by atoms with Gasteiger partial charge in [-0.2, -0.15) is 0 Å².